The van der Waals surface area contributed by atoms with E-state index in [1.807, 2.05) is 0 Å². The van der Waals surface area contributed by atoms with Crippen LogP contribution < -0.4 is 5.32 Å². The standard InChI is InChI=1S/C10H19NO2/c1-7(2)8-4-5-9(6-8)11-10(12)13-3/h7-9H,4-6H2,1-3H3,(H,11,12)/t8-,9-/m0/s1. The van der Waals surface area contributed by atoms with Crippen LogP contribution in [0.2, 0.25) is 0 Å². The quantitative estimate of drug-likeness (QED) is 0.716. The fraction of sp³-hybridized carbons (Fsp3) is 0.900. The number of methoxy groups -OCH3 is 1. The van der Waals surface area contributed by atoms with Crippen LogP contribution in [0.4, 0.5) is 4.79 Å². The number of carbonyl (C=O) groups excluding carboxylic acids is 1. The molecule has 0 aliphatic heterocycles. The fourth-order valence-corrected chi connectivity index (χ4v) is 1.98. The Morgan fingerprint density at radius 3 is 2.62 bits per heavy atom. The average molecular weight is 185 g/mol. The van der Waals surface area contributed by atoms with Gasteiger partial charge in [0.2, 0.25) is 0 Å². The fourth-order valence-electron chi connectivity index (χ4n) is 1.98. The van der Waals surface area contributed by atoms with Gasteiger partial charge in [0, 0.05) is 6.04 Å². The maximum absolute atomic E-state index is 10.9. The molecule has 1 saturated carbocycles. The lowest BCUT2D eigenvalue weighted by Gasteiger charge is -2.14. The van der Waals surface area contributed by atoms with Crippen LogP contribution in [0, 0.1) is 11.8 Å². The Morgan fingerprint density at radius 2 is 2.15 bits per heavy atom. The second kappa shape index (κ2) is 4.49. The van der Waals surface area contributed by atoms with Gasteiger partial charge in [-0.05, 0) is 31.1 Å². The molecule has 3 nitrogen and oxygen atoms in total. The summed E-state index contributed by atoms with van der Waals surface area (Å²) in [6, 6.07) is 0.333. The molecule has 0 radical (unpaired) electrons. The van der Waals surface area contributed by atoms with E-state index in [1.165, 1.54) is 13.5 Å². The first-order chi connectivity index (χ1) is 6.13. The molecule has 13 heavy (non-hydrogen) atoms. The molecular formula is C10H19NO2. The number of nitrogens with one attached hydrogen (secondary N) is 1. The summed E-state index contributed by atoms with van der Waals surface area (Å²) in [4.78, 5) is 10.9. The van der Waals surface area contributed by atoms with Crippen molar-refractivity contribution < 1.29 is 9.53 Å². The highest BCUT2D eigenvalue weighted by Crippen LogP contribution is 2.31. The largest absolute Gasteiger partial charge is 0.453 e. The van der Waals surface area contributed by atoms with Crippen LogP contribution in [0.5, 0.6) is 0 Å². The summed E-state index contributed by atoms with van der Waals surface area (Å²) in [7, 11) is 1.41. The molecule has 2 atom stereocenters. The smallest absolute Gasteiger partial charge is 0.407 e. The Bertz CT molecular complexity index is 180. The minimum atomic E-state index is -0.297. The molecule has 0 aromatic carbocycles. The van der Waals surface area contributed by atoms with Gasteiger partial charge in [0.25, 0.3) is 0 Å². The van der Waals surface area contributed by atoms with E-state index >= 15 is 0 Å². The van der Waals surface area contributed by atoms with Gasteiger partial charge in [-0.25, -0.2) is 4.79 Å². The van der Waals surface area contributed by atoms with Gasteiger partial charge >= 0.3 is 6.09 Å². The number of hydrogen-bond donors (Lipinski definition) is 1. The van der Waals surface area contributed by atoms with Crippen molar-refractivity contribution in [2.75, 3.05) is 7.11 Å². The van der Waals surface area contributed by atoms with E-state index in [0.29, 0.717) is 6.04 Å². The van der Waals surface area contributed by atoms with E-state index < -0.39 is 0 Å². The molecule has 0 spiro atoms. The first-order valence-electron chi connectivity index (χ1n) is 4.98. The maximum Gasteiger partial charge on any atom is 0.407 e. The highest BCUT2D eigenvalue weighted by atomic mass is 16.5. The zero-order chi connectivity index (χ0) is 9.84. The average Bonchev–Trinajstić information content (AvgIpc) is 2.52. The van der Waals surface area contributed by atoms with Crippen molar-refractivity contribution in [3.63, 3.8) is 0 Å². The van der Waals surface area contributed by atoms with E-state index in [9.17, 15) is 4.79 Å². The molecular weight excluding hydrogens is 166 g/mol. The van der Waals surface area contributed by atoms with Crippen molar-refractivity contribution in [2.45, 2.75) is 39.2 Å². The number of hydrogen-bond acceptors (Lipinski definition) is 2. The van der Waals surface area contributed by atoms with Gasteiger partial charge in [0.05, 0.1) is 7.11 Å². The third-order valence-electron chi connectivity index (χ3n) is 2.92. The number of ether oxygens (including phenoxy) is 1. The molecule has 3 heteroatoms. The van der Waals surface area contributed by atoms with E-state index in [2.05, 4.69) is 23.9 Å². The van der Waals surface area contributed by atoms with E-state index in [0.717, 1.165) is 24.7 Å². The monoisotopic (exact) mass is 185 g/mol. The van der Waals surface area contributed by atoms with Crippen LogP contribution >= 0.6 is 0 Å². The molecule has 76 valence electrons. The molecule has 1 aliphatic carbocycles. The zero-order valence-electron chi connectivity index (χ0n) is 8.67. The Kier molecular flexibility index (Phi) is 3.58. The molecule has 1 fully saturated rings. The lowest BCUT2D eigenvalue weighted by molar-refractivity contribution is 0.166. The van der Waals surface area contributed by atoms with Gasteiger partial charge in [-0.1, -0.05) is 13.8 Å². The zero-order valence-corrected chi connectivity index (χ0v) is 8.67. The lowest BCUT2D eigenvalue weighted by Crippen LogP contribution is -2.32. The van der Waals surface area contributed by atoms with E-state index in [-0.39, 0.29) is 6.09 Å². The second-order valence-electron chi connectivity index (χ2n) is 4.15. The second-order valence-corrected chi connectivity index (χ2v) is 4.15. The minimum absolute atomic E-state index is 0.297. The van der Waals surface area contributed by atoms with Crippen LogP contribution in [0.3, 0.4) is 0 Å². The van der Waals surface area contributed by atoms with Gasteiger partial charge < -0.3 is 10.1 Å². The number of carbonyl (C=O) groups is 1. The van der Waals surface area contributed by atoms with Gasteiger partial charge in [-0.15, -0.1) is 0 Å². The van der Waals surface area contributed by atoms with Crippen LogP contribution in [0.1, 0.15) is 33.1 Å². The molecule has 1 rings (SSSR count). The maximum atomic E-state index is 10.9. The highest BCUT2D eigenvalue weighted by molar-refractivity contribution is 5.67. The Balaban J connectivity index is 2.29. The summed E-state index contributed by atoms with van der Waals surface area (Å²) in [5, 5.41) is 2.85. The molecule has 0 heterocycles. The summed E-state index contributed by atoms with van der Waals surface area (Å²) >= 11 is 0. The van der Waals surface area contributed by atoms with Crippen molar-refractivity contribution in [2.24, 2.45) is 11.8 Å². The van der Waals surface area contributed by atoms with E-state index in [4.69, 9.17) is 0 Å². The van der Waals surface area contributed by atoms with Crippen LogP contribution in [-0.4, -0.2) is 19.2 Å². The van der Waals surface area contributed by atoms with Crippen LogP contribution in [0.25, 0.3) is 0 Å². The Morgan fingerprint density at radius 1 is 1.46 bits per heavy atom. The summed E-state index contributed by atoms with van der Waals surface area (Å²) in [5.74, 6) is 1.49. The summed E-state index contributed by atoms with van der Waals surface area (Å²) in [5.41, 5.74) is 0. The van der Waals surface area contributed by atoms with E-state index in [1.54, 1.807) is 0 Å². The SMILES string of the molecule is COC(=O)N[C@H]1CC[C@H](C(C)C)C1. The lowest BCUT2D eigenvalue weighted by atomic mass is 9.94. The third kappa shape index (κ3) is 2.90. The predicted molar refractivity (Wildman–Crippen MR) is 51.5 cm³/mol. The molecule has 1 N–H and O–H groups in total. The number of alkyl carbamates (subject to hydrolysis) is 1. The van der Waals surface area contributed by atoms with Crippen molar-refractivity contribution in [1.29, 1.82) is 0 Å². The Hall–Kier alpha value is -0.730. The summed E-state index contributed by atoms with van der Waals surface area (Å²) in [6.07, 6.45) is 3.13. The summed E-state index contributed by atoms with van der Waals surface area (Å²) in [6.45, 7) is 4.48. The van der Waals surface area contributed by atoms with Gasteiger partial charge in [0.1, 0.15) is 0 Å². The summed E-state index contributed by atoms with van der Waals surface area (Å²) < 4.78 is 4.56. The molecule has 1 amide bonds. The molecule has 0 saturated heterocycles. The van der Waals surface area contributed by atoms with Crippen molar-refractivity contribution in [3.8, 4) is 0 Å². The number of rotatable bonds is 2. The van der Waals surface area contributed by atoms with Gasteiger partial charge in [-0.2, -0.15) is 0 Å². The van der Waals surface area contributed by atoms with Crippen LogP contribution in [-0.2, 0) is 4.74 Å². The van der Waals surface area contributed by atoms with Crippen molar-refractivity contribution in [1.82, 2.24) is 5.32 Å². The van der Waals surface area contributed by atoms with Crippen molar-refractivity contribution >= 4 is 6.09 Å². The molecule has 0 unspecified atom stereocenters. The highest BCUT2D eigenvalue weighted by Gasteiger charge is 2.27. The van der Waals surface area contributed by atoms with Gasteiger partial charge in [0.15, 0.2) is 0 Å². The normalized spacial score (nSPS) is 27.7. The Labute approximate surface area is 79.8 Å². The molecule has 0 bridgehead atoms. The predicted octanol–water partition coefficient (Wildman–Crippen LogP) is 2.17. The number of amides is 1. The molecule has 0 aromatic rings. The topological polar surface area (TPSA) is 38.3 Å². The third-order valence-corrected chi connectivity index (χ3v) is 2.92. The van der Waals surface area contributed by atoms with Gasteiger partial charge in [-0.3, -0.25) is 0 Å². The molecule has 0 aromatic heterocycles. The minimum Gasteiger partial charge on any atom is -0.453 e. The molecule has 1 aliphatic rings. The van der Waals surface area contributed by atoms with Crippen LogP contribution in [0.15, 0.2) is 0 Å². The first kappa shape index (κ1) is 10.4. The first-order valence-corrected chi connectivity index (χ1v) is 4.98. The van der Waals surface area contributed by atoms with Crippen molar-refractivity contribution in [3.05, 3.63) is 0 Å².